The summed E-state index contributed by atoms with van der Waals surface area (Å²) < 4.78 is 6.18. The predicted molar refractivity (Wildman–Crippen MR) is 87.0 cm³/mol. The Morgan fingerprint density at radius 2 is 2.16 bits per heavy atom. The lowest BCUT2D eigenvalue weighted by molar-refractivity contribution is 0.199. The van der Waals surface area contributed by atoms with E-state index in [4.69, 9.17) is 4.74 Å². The van der Waals surface area contributed by atoms with Crippen LogP contribution in [0.15, 0.2) is 27.6 Å². The minimum Gasteiger partial charge on any atom is -0.383 e. The molecule has 1 aromatic rings. The van der Waals surface area contributed by atoms with Crippen molar-refractivity contribution in [3.63, 3.8) is 0 Å². The van der Waals surface area contributed by atoms with Gasteiger partial charge in [-0.25, -0.2) is 0 Å². The van der Waals surface area contributed by atoms with Crippen LogP contribution >= 0.6 is 27.7 Å². The van der Waals surface area contributed by atoms with Crippen molar-refractivity contribution in [2.75, 3.05) is 46.7 Å². The standard InChI is InChI=1S/C14H23BrN2OS/c1-17(2)7-9-19-14-10-13(15)5-4-12(14)11-16-6-8-18-3/h4-5,10,16H,6-9,11H2,1-3H3. The Balaban J connectivity index is 2.53. The normalized spacial score (nSPS) is 11.2. The molecule has 0 aliphatic rings. The molecule has 0 aliphatic carbocycles. The third kappa shape index (κ3) is 7.32. The number of nitrogens with zero attached hydrogens (tertiary/aromatic N) is 1. The predicted octanol–water partition coefficient (Wildman–Crippen LogP) is 2.84. The highest BCUT2D eigenvalue weighted by Gasteiger charge is 2.04. The highest BCUT2D eigenvalue weighted by Crippen LogP contribution is 2.26. The molecule has 0 atom stereocenters. The first-order chi connectivity index (χ1) is 9.13. The van der Waals surface area contributed by atoms with E-state index in [1.54, 1.807) is 7.11 Å². The molecule has 0 radical (unpaired) electrons. The number of hydrogen-bond acceptors (Lipinski definition) is 4. The molecule has 0 saturated carbocycles. The minimum absolute atomic E-state index is 0.750. The van der Waals surface area contributed by atoms with Gasteiger partial charge in [-0.15, -0.1) is 11.8 Å². The molecule has 108 valence electrons. The van der Waals surface area contributed by atoms with Gasteiger partial charge in [-0.2, -0.15) is 0 Å². The van der Waals surface area contributed by atoms with Gasteiger partial charge in [0, 0.05) is 41.9 Å². The van der Waals surface area contributed by atoms with Gasteiger partial charge in [0.2, 0.25) is 0 Å². The van der Waals surface area contributed by atoms with E-state index in [-0.39, 0.29) is 0 Å². The topological polar surface area (TPSA) is 24.5 Å². The van der Waals surface area contributed by atoms with Crippen molar-refractivity contribution in [1.29, 1.82) is 0 Å². The average Bonchev–Trinajstić information content (AvgIpc) is 2.36. The lowest BCUT2D eigenvalue weighted by atomic mass is 10.2. The summed E-state index contributed by atoms with van der Waals surface area (Å²) in [4.78, 5) is 3.56. The van der Waals surface area contributed by atoms with Gasteiger partial charge in [0.05, 0.1) is 6.61 Å². The smallest absolute Gasteiger partial charge is 0.0587 e. The third-order valence-electron chi connectivity index (χ3n) is 2.62. The van der Waals surface area contributed by atoms with Crippen molar-refractivity contribution in [2.45, 2.75) is 11.4 Å². The minimum atomic E-state index is 0.750. The molecule has 1 aromatic carbocycles. The molecular formula is C14H23BrN2OS. The molecular weight excluding hydrogens is 324 g/mol. The molecule has 3 nitrogen and oxygen atoms in total. The molecule has 0 amide bonds. The third-order valence-corrected chi connectivity index (χ3v) is 4.19. The Labute approximate surface area is 129 Å². The molecule has 0 saturated heterocycles. The van der Waals surface area contributed by atoms with E-state index in [0.717, 1.165) is 36.5 Å². The SMILES string of the molecule is COCCNCc1ccc(Br)cc1SCCN(C)C. The fourth-order valence-electron chi connectivity index (χ4n) is 1.54. The van der Waals surface area contributed by atoms with E-state index in [1.165, 1.54) is 10.5 Å². The molecule has 5 heteroatoms. The van der Waals surface area contributed by atoms with Gasteiger partial charge in [0.25, 0.3) is 0 Å². The zero-order valence-corrected chi connectivity index (χ0v) is 14.3. The number of nitrogens with one attached hydrogen (secondary N) is 1. The summed E-state index contributed by atoms with van der Waals surface area (Å²) in [6, 6.07) is 6.48. The quantitative estimate of drug-likeness (QED) is 0.548. The van der Waals surface area contributed by atoms with Crippen molar-refractivity contribution in [1.82, 2.24) is 10.2 Å². The maximum absolute atomic E-state index is 5.04. The molecule has 0 aliphatic heterocycles. The summed E-state index contributed by atoms with van der Waals surface area (Å²) in [5.41, 5.74) is 1.35. The summed E-state index contributed by atoms with van der Waals surface area (Å²) in [5.74, 6) is 1.11. The molecule has 0 bridgehead atoms. The van der Waals surface area contributed by atoms with E-state index >= 15 is 0 Å². The van der Waals surface area contributed by atoms with Crippen molar-refractivity contribution in [2.24, 2.45) is 0 Å². The van der Waals surface area contributed by atoms with Crippen molar-refractivity contribution in [3.8, 4) is 0 Å². The fraction of sp³-hybridized carbons (Fsp3) is 0.571. The van der Waals surface area contributed by atoms with Crippen molar-refractivity contribution in [3.05, 3.63) is 28.2 Å². The van der Waals surface area contributed by atoms with Gasteiger partial charge in [-0.3, -0.25) is 0 Å². The van der Waals surface area contributed by atoms with Gasteiger partial charge in [0.1, 0.15) is 0 Å². The molecule has 0 spiro atoms. The van der Waals surface area contributed by atoms with Gasteiger partial charge in [-0.05, 0) is 31.8 Å². The first kappa shape index (κ1) is 17.0. The Morgan fingerprint density at radius 3 is 2.84 bits per heavy atom. The molecule has 1 rings (SSSR count). The molecule has 0 unspecified atom stereocenters. The van der Waals surface area contributed by atoms with Crippen LogP contribution in [0, 0.1) is 0 Å². The Kier molecular flexibility index (Phi) is 8.74. The number of methoxy groups -OCH3 is 1. The van der Waals surface area contributed by atoms with Gasteiger partial charge in [-0.1, -0.05) is 22.0 Å². The number of thioether (sulfide) groups is 1. The summed E-state index contributed by atoms with van der Waals surface area (Å²) in [5, 5.41) is 3.40. The van der Waals surface area contributed by atoms with Crippen LogP contribution in [-0.4, -0.2) is 51.6 Å². The Morgan fingerprint density at radius 1 is 1.37 bits per heavy atom. The van der Waals surface area contributed by atoms with Crippen LogP contribution in [0.2, 0.25) is 0 Å². The zero-order chi connectivity index (χ0) is 14.1. The lowest BCUT2D eigenvalue weighted by Gasteiger charge is -2.13. The highest BCUT2D eigenvalue weighted by atomic mass is 79.9. The summed E-state index contributed by atoms with van der Waals surface area (Å²) >= 11 is 5.46. The van der Waals surface area contributed by atoms with Gasteiger partial charge < -0.3 is 15.0 Å². The van der Waals surface area contributed by atoms with E-state index in [2.05, 4.69) is 58.4 Å². The fourth-order valence-corrected chi connectivity index (χ4v) is 3.27. The average molecular weight is 347 g/mol. The van der Waals surface area contributed by atoms with Crippen LogP contribution in [0.5, 0.6) is 0 Å². The molecule has 1 N–H and O–H groups in total. The molecule has 19 heavy (non-hydrogen) atoms. The number of halogens is 1. The second-order valence-electron chi connectivity index (χ2n) is 4.57. The van der Waals surface area contributed by atoms with E-state index in [0.29, 0.717) is 0 Å². The van der Waals surface area contributed by atoms with E-state index in [9.17, 15) is 0 Å². The second kappa shape index (κ2) is 9.77. The lowest BCUT2D eigenvalue weighted by Crippen LogP contribution is -2.19. The van der Waals surface area contributed by atoms with Gasteiger partial charge >= 0.3 is 0 Å². The first-order valence-electron chi connectivity index (χ1n) is 6.39. The number of hydrogen-bond donors (Lipinski definition) is 1. The molecule has 0 aromatic heterocycles. The summed E-state index contributed by atoms with van der Waals surface area (Å²) in [6.45, 7) is 3.61. The molecule has 0 heterocycles. The zero-order valence-electron chi connectivity index (χ0n) is 11.9. The maximum atomic E-state index is 5.04. The van der Waals surface area contributed by atoms with Crippen LogP contribution in [0.1, 0.15) is 5.56 Å². The number of rotatable bonds is 9. The molecule has 0 fully saturated rings. The van der Waals surface area contributed by atoms with Crippen molar-refractivity contribution < 1.29 is 4.74 Å². The van der Waals surface area contributed by atoms with Crippen LogP contribution in [-0.2, 0) is 11.3 Å². The Bertz CT molecular complexity index is 374. The first-order valence-corrected chi connectivity index (χ1v) is 8.17. The Hall–Kier alpha value is -0.0700. The van der Waals surface area contributed by atoms with E-state index in [1.807, 2.05) is 11.8 Å². The second-order valence-corrected chi connectivity index (χ2v) is 6.63. The van der Waals surface area contributed by atoms with Crippen molar-refractivity contribution >= 4 is 27.7 Å². The van der Waals surface area contributed by atoms with Crippen LogP contribution in [0.25, 0.3) is 0 Å². The van der Waals surface area contributed by atoms with Crippen LogP contribution in [0.3, 0.4) is 0 Å². The van der Waals surface area contributed by atoms with Crippen LogP contribution in [0.4, 0.5) is 0 Å². The van der Waals surface area contributed by atoms with E-state index < -0.39 is 0 Å². The number of benzene rings is 1. The number of ether oxygens (including phenoxy) is 1. The summed E-state index contributed by atoms with van der Waals surface area (Å²) in [7, 11) is 5.94. The summed E-state index contributed by atoms with van der Waals surface area (Å²) in [6.07, 6.45) is 0. The maximum Gasteiger partial charge on any atom is 0.0587 e. The van der Waals surface area contributed by atoms with Gasteiger partial charge in [0.15, 0.2) is 0 Å². The largest absolute Gasteiger partial charge is 0.383 e. The van der Waals surface area contributed by atoms with Crippen LogP contribution < -0.4 is 5.32 Å². The monoisotopic (exact) mass is 346 g/mol. The highest BCUT2D eigenvalue weighted by molar-refractivity contribution is 9.10.